The molecule has 0 saturated heterocycles. The van der Waals surface area contributed by atoms with Crippen LogP contribution in [-0.4, -0.2) is 6.54 Å². The average molecular weight is 179 g/mol. The molecule has 0 aromatic carbocycles. The van der Waals surface area contributed by atoms with Crippen LogP contribution >= 0.6 is 0 Å². The highest BCUT2D eigenvalue weighted by molar-refractivity contribution is 5.51. The first-order valence-corrected chi connectivity index (χ1v) is 4.59. The Hall–Kier alpha value is -1.02. The molecule has 1 aromatic rings. The molecular weight excluding hydrogens is 162 g/mol. The fourth-order valence-corrected chi connectivity index (χ4v) is 1.16. The van der Waals surface area contributed by atoms with Crippen molar-refractivity contribution in [2.45, 2.75) is 20.8 Å². The van der Waals surface area contributed by atoms with E-state index >= 15 is 0 Å². The summed E-state index contributed by atoms with van der Waals surface area (Å²) in [5.41, 5.74) is 8.01. The van der Waals surface area contributed by atoms with Crippen LogP contribution in [0.2, 0.25) is 0 Å². The van der Waals surface area contributed by atoms with E-state index in [2.05, 4.69) is 13.8 Å². The van der Waals surface area contributed by atoms with E-state index in [0.29, 0.717) is 12.5 Å². The Kier molecular flexibility index (Phi) is 3.32. The normalized spacial score (nSPS) is 12.5. The molecule has 0 fully saturated rings. The Morgan fingerprint density at radius 2 is 2.31 bits per heavy atom. The Morgan fingerprint density at radius 3 is 2.69 bits per heavy atom. The van der Waals surface area contributed by atoms with E-state index in [9.17, 15) is 0 Å². The highest BCUT2D eigenvalue weighted by Crippen LogP contribution is 2.17. The fraction of sp³-hybridized carbons (Fsp3) is 0.455. The summed E-state index contributed by atoms with van der Waals surface area (Å²) < 4.78 is 5.31. The first-order valence-electron chi connectivity index (χ1n) is 4.59. The van der Waals surface area contributed by atoms with Crippen molar-refractivity contribution in [1.29, 1.82) is 0 Å². The minimum Gasteiger partial charge on any atom is -0.465 e. The largest absolute Gasteiger partial charge is 0.465 e. The minimum atomic E-state index is 0.481. The molecule has 0 unspecified atom stereocenters. The van der Waals surface area contributed by atoms with Crippen LogP contribution in [0.1, 0.15) is 25.2 Å². The second-order valence-corrected chi connectivity index (χ2v) is 3.55. The van der Waals surface area contributed by atoms with E-state index in [4.69, 9.17) is 10.2 Å². The Labute approximate surface area is 79.4 Å². The maximum Gasteiger partial charge on any atom is 0.129 e. The quantitative estimate of drug-likeness (QED) is 0.774. The van der Waals surface area contributed by atoms with Crippen molar-refractivity contribution < 1.29 is 4.42 Å². The van der Waals surface area contributed by atoms with Gasteiger partial charge in [-0.3, -0.25) is 0 Å². The summed E-state index contributed by atoms with van der Waals surface area (Å²) in [6.07, 6.45) is 3.75. The van der Waals surface area contributed by atoms with Crippen molar-refractivity contribution in [3.63, 3.8) is 0 Å². The van der Waals surface area contributed by atoms with Crippen molar-refractivity contribution in [3.8, 4) is 0 Å². The molecule has 0 radical (unpaired) electrons. The standard InChI is InChI=1S/C11H17NO/c1-8(2)10(7-12)6-11-9(3)4-5-13-11/h4-6,8H,7,12H2,1-3H3/b10-6+. The van der Waals surface area contributed by atoms with Crippen LogP contribution in [0.4, 0.5) is 0 Å². The molecule has 2 nitrogen and oxygen atoms in total. The van der Waals surface area contributed by atoms with Gasteiger partial charge in [0.2, 0.25) is 0 Å². The Morgan fingerprint density at radius 1 is 1.62 bits per heavy atom. The van der Waals surface area contributed by atoms with Crippen LogP contribution < -0.4 is 5.73 Å². The van der Waals surface area contributed by atoms with Crippen molar-refractivity contribution in [1.82, 2.24) is 0 Å². The van der Waals surface area contributed by atoms with Crippen molar-refractivity contribution >= 4 is 6.08 Å². The predicted octanol–water partition coefficient (Wildman–Crippen LogP) is 2.59. The maximum absolute atomic E-state index is 5.63. The number of hydrogen-bond donors (Lipinski definition) is 1. The van der Waals surface area contributed by atoms with Gasteiger partial charge in [-0.1, -0.05) is 19.4 Å². The lowest BCUT2D eigenvalue weighted by molar-refractivity contribution is 0.553. The van der Waals surface area contributed by atoms with Crippen LogP contribution in [0, 0.1) is 12.8 Å². The maximum atomic E-state index is 5.63. The molecule has 0 bridgehead atoms. The van der Waals surface area contributed by atoms with E-state index < -0.39 is 0 Å². The van der Waals surface area contributed by atoms with Gasteiger partial charge in [-0.05, 0) is 30.5 Å². The van der Waals surface area contributed by atoms with Crippen LogP contribution in [0.5, 0.6) is 0 Å². The van der Waals surface area contributed by atoms with E-state index in [-0.39, 0.29) is 0 Å². The summed E-state index contributed by atoms with van der Waals surface area (Å²) in [7, 11) is 0. The molecule has 0 spiro atoms. The second-order valence-electron chi connectivity index (χ2n) is 3.55. The lowest BCUT2D eigenvalue weighted by Crippen LogP contribution is -2.08. The van der Waals surface area contributed by atoms with Gasteiger partial charge in [0, 0.05) is 6.54 Å². The molecule has 0 aliphatic carbocycles. The first kappa shape index (κ1) is 10.1. The van der Waals surface area contributed by atoms with Crippen LogP contribution in [0.25, 0.3) is 6.08 Å². The summed E-state index contributed by atoms with van der Waals surface area (Å²) in [6.45, 7) is 6.90. The van der Waals surface area contributed by atoms with Gasteiger partial charge in [0.05, 0.1) is 6.26 Å². The zero-order chi connectivity index (χ0) is 9.84. The molecule has 1 heterocycles. The van der Waals surface area contributed by atoms with Gasteiger partial charge < -0.3 is 10.2 Å². The zero-order valence-electron chi connectivity index (χ0n) is 8.50. The van der Waals surface area contributed by atoms with Crippen LogP contribution in [0.15, 0.2) is 22.3 Å². The second kappa shape index (κ2) is 4.28. The predicted molar refractivity (Wildman–Crippen MR) is 55.3 cm³/mol. The lowest BCUT2D eigenvalue weighted by atomic mass is 10.0. The number of hydrogen-bond acceptors (Lipinski definition) is 2. The van der Waals surface area contributed by atoms with Crippen molar-refractivity contribution in [2.75, 3.05) is 6.54 Å². The number of furan rings is 1. The van der Waals surface area contributed by atoms with E-state index in [1.165, 1.54) is 5.57 Å². The van der Waals surface area contributed by atoms with E-state index in [1.807, 2.05) is 19.1 Å². The topological polar surface area (TPSA) is 39.2 Å². The molecule has 1 aromatic heterocycles. The van der Waals surface area contributed by atoms with Gasteiger partial charge in [0.25, 0.3) is 0 Å². The molecule has 0 atom stereocenters. The third kappa shape index (κ3) is 2.46. The molecule has 0 amide bonds. The molecule has 2 N–H and O–H groups in total. The Bertz CT molecular complexity index is 297. The molecule has 72 valence electrons. The molecule has 0 saturated carbocycles. The van der Waals surface area contributed by atoms with E-state index in [0.717, 1.165) is 11.3 Å². The third-order valence-electron chi connectivity index (χ3n) is 2.20. The van der Waals surface area contributed by atoms with Crippen molar-refractivity contribution in [3.05, 3.63) is 29.2 Å². The van der Waals surface area contributed by atoms with Crippen LogP contribution in [0.3, 0.4) is 0 Å². The summed E-state index contributed by atoms with van der Waals surface area (Å²) in [5.74, 6) is 1.41. The third-order valence-corrected chi connectivity index (χ3v) is 2.20. The number of rotatable bonds is 3. The number of aryl methyl sites for hydroxylation is 1. The summed E-state index contributed by atoms with van der Waals surface area (Å²) >= 11 is 0. The average Bonchev–Trinajstić information content (AvgIpc) is 2.46. The fourth-order valence-electron chi connectivity index (χ4n) is 1.16. The molecule has 1 rings (SSSR count). The lowest BCUT2D eigenvalue weighted by Gasteiger charge is -2.07. The van der Waals surface area contributed by atoms with E-state index in [1.54, 1.807) is 6.26 Å². The van der Waals surface area contributed by atoms with Gasteiger partial charge in [-0.15, -0.1) is 0 Å². The van der Waals surface area contributed by atoms with Gasteiger partial charge >= 0.3 is 0 Å². The zero-order valence-corrected chi connectivity index (χ0v) is 8.50. The summed E-state index contributed by atoms with van der Waals surface area (Å²) in [4.78, 5) is 0. The molecule has 13 heavy (non-hydrogen) atoms. The van der Waals surface area contributed by atoms with Crippen LogP contribution in [-0.2, 0) is 0 Å². The van der Waals surface area contributed by atoms with Gasteiger partial charge in [-0.25, -0.2) is 0 Å². The Balaban J connectivity index is 2.91. The smallest absolute Gasteiger partial charge is 0.129 e. The monoisotopic (exact) mass is 179 g/mol. The highest BCUT2D eigenvalue weighted by Gasteiger charge is 2.04. The number of nitrogens with two attached hydrogens (primary N) is 1. The van der Waals surface area contributed by atoms with Crippen molar-refractivity contribution in [2.24, 2.45) is 11.7 Å². The molecule has 0 aliphatic heterocycles. The first-order chi connectivity index (χ1) is 6.15. The summed E-state index contributed by atoms with van der Waals surface area (Å²) in [5, 5.41) is 0. The SMILES string of the molecule is Cc1ccoc1/C=C(\CN)C(C)C. The summed E-state index contributed by atoms with van der Waals surface area (Å²) in [6, 6.07) is 1.96. The van der Waals surface area contributed by atoms with Gasteiger partial charge in [0.15, 0.2) is 0 Å². The molecule has 0 aliphatic rings. The highest BCUT2D eigenvalue weighted by atomic mass is 16.3. The van der Waals surface area contributed by atoms with Gasteiger partial charge in [-0.2, -0.15) is 0 Å². The van der Waals surface area contributed by atoms with Gasteiger partial charge in [0.1, 0.15) is 5.76 Å². The molecule has 2 heteroatoms. The minimum absolute atomic E-state index is 0.481. The molecular formula is C11H17NO.